The first-order valence-corrected chi connectivity index (χ1v) is 9.57. The molecule has 0 radical (unpaired) electrons. The highest BCUT2D eigenvalue weighted by molar-refractivity contribution is 5.86. The molecule has 5 rings (SSSR count). The fourth-order valence-corrected chi connectivity index (χ4v) is 3.59. The Morgan fingerprint density at radius 1 is 0.828 bits per heavy atom. The average molecular weight is 376 g/mol. The zero-order chi connectivity index (χ0) is 19.8. The summed E-state index contributed by atoms with van der Waals surface area (Å²) in [6, 6.07) is 30.4. The van der Waals surface area contributed by atoms with Gasteiger partial charge in [-0.15, -0.1) is 0 Å². The Hall–Kier alpha value is -3.92. The van der Waals surface area contributed by atoms with Crippen LogP contribution in [0.1, 0.15) is 5.56 Å². The lowest BCUT2D eigenvalue weighted by molar-refractivity contribution is 1.07. The molecule has 0 atom stereocenters. The summed E-state index contributed by atoms with van der Waals surface area (Å²) < 4.78 is 2.21. The number of anilines is 1. The number of benzene rings is 4. The van der Waals surface area contributed by atoms with Crippen molar-refractivity contribution >= 4 is 22.4 Å². The van der Waals surface area contributed by atoms with Crippen molar-refractivity contribution in [1.29, 1.82) is 0 Å². The van der Waals surface area contributed by atoms with Crippen molar-refractivity contribution in [3.63, 3.8) is 0 Å². The van der Waals surface area contributed by atoms with E-state index in [-0.39, 0.29) is 0 Å². The zero-order valence-electron chi connectivity index (χ0n) is 16.1. The van der Waals surface area contributed by atoms with Crippen molar-refractivity contribution in [3.8, 4) is 17.1 Å². The highest BCUT2D eigenvalue weighted by atomic mass is 15.0. The average Bonchev–Trinajstić information content (AvgIpc) is 2.75. The number of fused-ring (bicyclic) bond motifs is 2. The number of hydrogen-bond donors (Lipinski definition) is 1. The molecule has 0 saturated carbocycles. The van der Waals surface area contributed by atoms with Crippen molar-refractivity contribution in [2.75, 3.05) is 5.73 Å². The Morgan fingerprint density at radius 3 is 2.31 bits per heavy atom. The van der Waals surface area contributed by atoms with Crippen LogP contribution in [-0.4, -0.2) is 9.55 Å². The van der Waals surface area contributed by atoms with Crippen molar-refractivity contribution in [3.05, 3.63) is 102 Å². The predicted molar refractivity (Wildman–Crippen MR) is 119 cm³/mol. The van der Waals surface area contributed by atoms with Crippen LogP contribution in [0.25, 0.3) is 28.1 Å². The smallest absolute Gasteiger partial charge is 0.0882 e. The molecule has 1 aliphatic carbocycles. The van der Waals surface area contributed by atoms with E-state index in [4.69, 9.17) is 15.7 Å². The molecule has 4 nitrogen and oxygen atoms in total. The molecular weight excluding hydrogens is 356 g/mol. The lowest BCUT2D eigenvalue weighted by Gasteiger charge is -2.19. The second-order valence-corrected chi connectivity index (χ2v) is 7.10. The molecule has 2 N–H and O–H groups in total. The van der Waals surface area contributed by atoms with E-state index in [1.807, 2.05) is 79.7 Å². The lowest BCUT2D eigenvalue weighted by Crippen LogP contribution is -2.11. The quantitative estimate of drug-likeness (QED) is 0.338. The highest BCUT2D eigenvalue weighted by Crippen LogP contribution is 2.30. The minimum Gasteiger partial charge on any atom is -0.398 e. The van der Waals surface area contributed by atoms with E-state index in [0.29, 0.717) is 0 Å². The maximum absolute atomic E-state index is 6.25. The number of nitrogens with two attached hydrogens (primary N) is 1. The minimum atomic E-state index is 0.758. The summed E-state index contributed by atoms with van der Waals surface area (Å²) >= 11 is 0. The van der Waals surface area contributed by atoms with Gasteiger partial charge in [-0.2, -0.15) is 0 Å². The fourth-order valence-electron chi connectivity index (χ4n) is 3.59. The lowest BCUT2D eigenvalue weighted by atomic mass is 10.1. The van der Waals surface area contributed by atoms with E-state index >= 15 is 0 Å². The molecule has 0 aromatic heterocycles. The maximum Gasteiger partial charge on any atom is 0.0882 e. The van der Waals surface area contributed by atoms with Crippen molar-refractivity contribution < 1.29 is 0 Å². The van der Waals surface area contributed by atoms with Gasteiger partial charge in [-0.1, -0.05) is 36.4 Å². The Kier molecular flexibility index (Phi) is 4.10. The summed E-state index contributed by atoms with van der Waals surface area (Å²) in [5.41, 5.74) is 13.8. The fraction of sp³-hybridized carbons (Fsp3) is 0.0400. The summed E-state index contributed by atoms with van der Waals surface area (Å²) in [6.45, 7) is 2.01. The largest absolute Gasteiger partial charge is 0.398 e. The molecule has 3 aromatic rings. The Balaban J connectivity index is 1.88. The van der Waals surface area contributed by atoms with Gasteiger partial charge in [-0.3, -0.25) is 0 Å². The molecule has 0 fully saturated rings. The van der Waals surface area contributed by atoms with Gasteiger partial charge < -0.3 is 10.3 Å². The topological polar surface area (TPSA) is 56.2 Å². The molecule has 1 heterocycles. The summed E-state index contributed by atoms with van der Waals surface area (Å²) in [7, 11) is 0. The zero-order valence-corrected chi connectivity index (χ0v) is 16.1. The standard InChI is InChI=1S/C25H20N4/c1-17-14-23-25(16-21(17)26)29(20-10-6-3-7-11-20)24-15-19(12-13-22(24)28-23)27-18-8-4-2-5-9-18/h2-16H,26H2,1H3. The molecule has 1 aliphatic heterocycles. The van der Waals surface area contributed by atoms with Crippen molar-refractivity contribution in [2.24, 2.45) is 4.99 Å². The molecule has 2 aliphatic rings. The predicted octanol–water partition coefficient (Wildman–Crippen LogP) is 5.25. The molecule has 0 spiro atoms. The van der Waals surface area contributed by atoms with Crippen LogP contribution < -0.4 is 11.1 Å². The molecular formula is C25H20N4. The van der Waals surface area contributed by atoms with E-state index in [0.717, 1.165) is 50.4 Å². The summed E-state index contributed by atoms with van der Waals surface area (Å²) in [4.78, 5) is 9.67. The summed E-state index contributed by atoms with van der Waals surface area (Å²) in [5.74, 6) is 0. The minimum absolute atomic E-state index is 0.758. The first-order chi connectivity index (χ1) is 14.2. The number of nitrogen functional groups attached to an aromatic ring is 1. The second-order valence-electron chi connectivity index (χ2n) is 7.10. The van der Waals surface area contributed by atoms with E-state index < -0.39 is 0 Å². The first kappa shape index (κ1) is 17.2. The number of nitrogens with zero attached hydrogens (tertiary/aromatic N) is 3. The van der Waals surface area contributed by atoms with Gasteiger partial charge in [0, 0.05) is 11.4 Å². The van der Waals surface area contributed by atoms with Crippen LogP contribution in [0.3, 0.4) is 0 Å². The number of aromatic nitrogens is 2. The number of rotatable bonds is 2. The summed E-state index contributed by atoms with van der Waals surface area (Å²) in [6.07, 6.45) is 0. The molecule has 0 amide bonds. The van der Waals surface area contributed by atoms with Gasteiger partial charge in [0.15, 0.2) is 0 Å². The van der Waals surface area contributed by atoms with Gasteiger partial charge in [0.1, 0.15) is 0 Å². The van der Waals surface area contributed by atoms with E-state index in [1.54, 1.807) is 0 Å². The van der Waals surface area contributed by atoms with Gasteiger partial charge in [-0.25, -0.2) is 9.98 Å². The number of aryl methyl sites for hydroxylation is 1. The van der Waals surface area contributed by atoms with Gasteiger partial charge in [0.2, 0.25) is 0 Å². The first-order valence-electron chi connectivity index (χ1n) is 9.57. The van der Waals surface area contributed by atoms with Gasteiger partial charge in [-0.05, 0) is 67.1 Å². The van der Waals surface area contributed by atoms with Crippen LogP contribution in [0.15, 0.2) is 96.0 Å². The van der Waals surface area contributed by atoms with Crippen LogP contribution in [0.2, 0.25) is 0 Å². The SMILES string of the molecule is Cc1cc2nc3ccc(=Nc4ccccc4)cc-3n(-c3ccccc3)c2cc1N. The molecule has 0 unspecified atom stereocenters. The number of hydrogen-bond acceptors (Lipinski definition) is 3. The van der Waals surface area contributed by atoms with Crippen LogP contribution in [0, 0.1) is 6.92 Å². The van der Waals surface area contributed by atoms with E-state index in [2.05, 4.69) is 22.8 Å². The van der Waals surface area contributed by atoms with Gasteiger partial charge in [0.25, 0.3) is 0 Å². The monoisotopic (exact) mass is 376 g/mol. The van der Waals surface area contributed by atoms with E-state index in [9.17, 15) is 0 Å². The van der Waals surface area contributed by atoms with Crippen LogP contribution >= 0.6 is 0 Å². The van der Waals surface area contributed by atoms with Crippen LogP contribution in [-0.2, 0) is 0 Å². The van der Waals surface area contributed by atoms with Crippen LogP contribution in [0.4, 0.5) is 11.4 Å². The van der Waals surface area contributed by atoms with Gasteiger partial charge in [0.05, 0.1) is 33.5 Å². The second kappa shape index (κ2) is 6.91. The third-order valence-electron chi connectivity index (χ3n) is 5.07. The number of para-hydroxylation sites is 2. The maximum atomic E-state index is 6.25. The molecule has 0 saturated heterocycles. The Morgan fingerprint density at radius 2 is 1.55 bits per heavy atom. The molecule has 29 heavy (non-hydrogen) atoms. The molecule has 0 bridgehead atoms. The molecule has 4 heteroatoms. The van der Waals surface area contributed by atoms with E-state index in [1.165, 1.54) is 0 Å². The Labute approximate surface area is 169 Å². The highest BCUT2D eigenvalue weighted by Gasteiger charge is 2.15. The third-order valence-corrected chi connectivity index (χ3v) is 5.07. The van der Waals surface area contributed by atoms with Crippen LogP contribution in [0.5, 0.6) is 0 Å². The molecule has 3 aromatic carbocycles. The van der Waals surface area contributed by atoms with Crippen molar-refractivity contribution in [2.45, 2.75) is 6.92 Å². The Bertz CT molecular complexity index is 1350. The normalized spacial score (nSPS) is 12.0. The summed E-state index contributed by atoms with van der Waals surface area (Å²) in [5, 5.41) is 0.884. The third kappa shape index (κ3) is 3.15. The van der Waals surface area contributed by atoms with Crippen molar-refractivity contribution in [1.82, 2.24) is 9.55 Å². The molecule has 140 valence electrons. The van der Waals surface area contributed by atoms with Gasteiger partial charge >= 0.3 is 0 Å².